The molecule has 2 rings (SSSR count). The second-order valence-electron chi connectivity index (χ2n) is 2.37. The van der Waals surface area contributed by atoms with Gasteiger partial charge in [-0.1, -0.05) is 11.3 Å². The Bertz CT molecular complexity index is 467. The van der Waals surface area contributed by atoms with E-state index in [0.29, 0.717) is 5.69 Å². The summed E-state index contributed by atoms with van der Waals surface area (Å²) < 4.78 is 0. The van der Waals surface area contributed by atoms with Crippen LogP contribution in [-0.2, 0) is 0 Å². The fourth-order valence-corrected chi connectivity index (χ4v) is 1.77. The molecule has 0 atom stereocenters. The van der Waals surface area contributed by atoms with Gasteiger partial charge >= 0.3 is 0 Å². The SMILES string of the molecule is Cc1nc2ccc(C#N)nc2s1. The summed E-state index contributed by atoms with van der Waals surface area (Å²) >= 11 is 1.51. The van der Waals surface area contributed by atoms with E-state index in [2.05, 4.69) is 9.97 Å². The number of aryl methyl sites for hydroxylation is 1. The van der Waals surface area contributed by atoms with Crippen LogP contribution in [0.25, 0.3) is 10.3 Å². The lowest BCUT2D eigenvalue weighted by Gasteiger charge is -1.85. The Balaban J connectivity index is 2.77. The Morgan fingerprint density at radius 3 is 3.00 bits per heavy atom. The average Bonchev–Trinajstić information content (AvgIpc) is 2.43. The average molecular weight is 175 g/mol. The van der Waals surface area contributed by atoms with Crippen molar-refractivity contribution in [2.45, 2.75) is 6.92 Å². The normalized spacial score (nSPS) is 10.0. The molecule has 0 amide bonds. The number of fused-ring (bicyclic) bond motifs is 1. The van der Waals surface area contributed by atoms with Crippen LogP contribution in [0.4, 0.5) is 0 Å². The summed E-state index contributed by atoms with van der Waals surface area (Å²) in [6.45, 7) is 1.93. The first kappa shape index (κ1) is 7.19. The number of thiazole rings is 1. The zero-order valence-corrected chi connectivity index (χ0v) is 7.22. The number of aromatic nitrogens is 2. The number of pyridine rings is 1. The molecule has 0 saturated carbocycles. The van der Waals surface area contributed by atoms with E-state index in [4.69, 9.17) is 5.26 Å². The quantitative estimate of drug-likeness (QED) is 0.614. The van der Waals surface area contributed by atoms with E-state index in [-0.39, 0.29) is 0 Å². The maximum absolute atomic E-state index is 8.58. The molecule has 3 nitrogen and oxygen atoms in total. The first-order chi connectivity index (χ1) is 5.79. The van der Waals surface area contributed by atoms with Crippen molar-refractivity contribution in [1.29, 1.82) is 5.26 Å². The molecule has 0 bridgehead atoms. The molecule has 58 valence electrons. The van der Waals surface area contributed by atoms with Crippen molar-refractivity contribution in [2.24, 2.45) is 0 Å². The lowest BCUT2D eigenvalue weighted by Crippen LogP contribution is -1.79. The maximum Gasteiger partial charge on any atom is 0.145 e. The summed E-state index contributed by atoms with van der Waals surface area (Å²) in [5.41, 5.74) is 1.32. The smallest absolute Gasteiger partial charge is 0.145 e. The second kappa shape index (κ2) is 2.54. The first-order valence-corrected chi connectivity index (χ1v) is 4.25. The molecule has 12 heavy (non-hydrogen) atoms. The van der Waals surface area contributed by atoms with Gasteiger partial charge in [-0.05, 0) is 19.1 Å². The van der Waals surface area contributed by atoms with Gasteiger partial charge in [0.2, 0.25) is 0 Å². The number of rotatable bonds is 0. The first-order valence-electron chi connectivity index (χ1n) is 3.44. The summed E-state index contributed by atoms with van der Waals surface area (Å²) in [6, 6.07) is 5.50. The molecule has 0 N–H and O–H groups in total. The molecule has 0 fully saturated rings. The summed E-state index contributed by atoms with van der Waals surface area (Å²) in [5.74, 6) is 0. The van der Waals surface area contributed by atoms with Crippen LogP contribution >= 0.6 is 11.3 Å². The van der Waals surface area contributed by atoms with Crippen molar-refractivity contribution in [3.8, 4) is 6.07 Å². The van der Waals surface area contributed by atoms with Gasteiger partial charge in [0.15, 0.2) is 0 Å². The van der Waals surface area contributed by atoms with E-state index >= 15 is 0 Å². The maximum atomic E-state index is 8.58. The molecule has 2 heterocycles. The Morgan fingerprint density at radius 2 is 2.25 bits per heavy atom. The standard InChI is InChI=1S/C8H5N3S/c1-5-10-7-3-2-6(4-9)11-8(7)12-5/h2-3H,1H3. The zero-order valence-electron chi connectivity index (χ0n) is 6.40. The Labute approximate surface area is 73.3 Å². The van der Waals surface area contributed by atoms with Crippen LogP contribution in [0.3, 0.4) is 0 Å². The number of hydrogen-bond acceptors (Lipinski definition) is 4. The third kappa shape index (κ3) is 1.04. The zero-order chi connectivity index (χ0) is 8.55. The second-order valence-corrected chi connectivity index (χ2v) is 3.55. The Morgan fingerprint density at radius 1 is 1.42 bits per heavy atom. The van der Waals surface area contributed by atoms with Crippen LogP contribution < -0.4 is 0 Å². The Kier molecular flexibility index (Phi) is 1.52. The minimum atomic E-state index is 0.450. The number of nitrogens with zero attached hydrogens (tertiary/aromatic N) is 3. The Hall–Kier alpha value is -1.47. The molecule has 0 aliphatic heterocycles. The topological polar surface area (TPSA) is 49.6 Å². The molecular weight excluding hydrogens is 170 g/mol. The van der Waals surface area contributed by atoms with Crippen LogP contribution in [-0.4, -0.2) is 9.97 Å². The van der Waals surface area contributed by atoms with Crippen LogP contribution in [0.1, 0.15) is 10.7 Å². The van der Waals surface area contributed by atoms with Crippen molar-refractivity contribution >= 4 is 21.7 Å². The molecular formula is C8H5N3S. The van der Waals surface area contributed by atoms with E-state index in [1.807, 2.05) is 19.1 Å². The van der Waals surface area contributed by atoms with E-state index in [9.17, 15) is 0 Å². The molecule has 2 aromatic heterocycles. The van der Waals surface area contributed by atoms with E-state index in [1.165, 1.54) is 11.3 Å². The summed E-state index contributed by atoms with van der Waals surface area (Å²) in [6.07, 6.45) is 0. The van der Waals surface area contributed by atoms with Gasteiger partial charge in [0.05, 0.1) is 5.01 Å². The van der Waals surface area contributed by atoms with E-state index < -0.39 is 0 Å². The number of hydrogen-bond donors (Lipinski definition) is 0. The molecule has 0 aliphatic rings. The van der Waals surface area contributed by atoms with Crippen LogP contribution in [0.2, 0.25) is 0 Å². The molecule has 0 saturated heterocycles. The molecule has 0 aromatic carbocycles. The number of nitriles is 1. The highest BCUT2D eigenvalue weighted by Gasteiger charge is 2.01. The molecule has 0 aliphatic carbocycles. The van der Waals surface area contributed by atoms with Gasteiger partial charge in [0.1, 0.15) is 22.1 Å². The summed E-state index contributed by atoms with van der Waals surface area (Å²) in [7, 11) is 0. The highest BCUT2D eigenvalue weighted by molar-refractivity contribution is 7.18. The summed E-state index contributed by atoms with van der Waals surface area (Å²) in [5, 5.41) is 9.55. The van der Waals surface area contributed by atoms with E-state index in [1.54, 1.807) is 6.07 Å². The molecule has 2 aromatic rings. The van der Waals surface area contributed by atoms with Crippen LogP contribution in [0.5, 0.6) is 0 Å². The van der Waals surface area contributed by atoms with Crippen molar-refractivity contribution in [1.82, 2.24) is 9.97 Å². The highest BCUT2D eigenvalue weighted by Crippen LogP contribution is 2.18. The third-order valence-corrected chi connectivity index (χ3v) is 2.36. The van der Waals surface area contributed by atoms with Crippen molar-refractivity contribution in [3.63, 3.8) is 0 Å². The van der Waals surface area contributed by atoms with Gasteiger partial charge < -0.3 is 0 Å². The van der Waals surface area contributed by atoms with Gasteiger partial charge in [-0.2, -0.15) is 5.26 Å². The van der Waals surface area contributed by atoms with E-state index in [0.717, 1.165) is 15.4 Å². The van der Waals surface area contributed by atoms with Gasteiger partial charge in [0, 0.05) is 0 Å². The minimum Gasteiger partial charge on any atom is -0.240 e. The highest BCUT2D eigenvalue weighted by atomic mass is 32.1. The predicted octanol–water partition coefficient (Wildman–Crippen LogP) is 1.87. The predicted molar refractivity (Wildman–Crippen MR) is 46.9 cm³/mol. The lowest BCUT2D eigenvalue weighted by molar-refractivity contribution is 1.31. The largest absolute Gasteiger partial charge is 0.240 e. The fraction of sp³-hybridized carbons (Fsp3) is 0.125. The van der Waals surface area contributed by atoms with Gasteiger partial charge in [-0.25, -0.2) is 9.97 Å². The van der Waals surface area contributed by atoms with Crippen molar-refractivity contribution in [2.75, 3.05) is 0 Å². The van der Waals surface area contributed by atoms with Gasteiger partial charge in [0.25, 0.3) is 0 Å². The molecule has 0 spiro atoms. The van der Waals surface area contributed by atoms with Gasteiger partial charge in [-0.15, -0.1) is 0 Å². The summed E-state index contributed by atoms with van der Waals surface area (Å²) in [4.78, 5) is 9.18. The molecule has 0 radical (unpaired) electrons. The van der Waals surface area contributed by atoms with Crippen LogP contribution in [0, 0.1) is 18.3 Å². The third-order valence-electron chi connectivity index (χ3n) is 1.48. The van der Waals surface area contributed by atoms with Crippen LogP contribution in [0.15, 0.2) is 12.1 Å². The van der Waals surface area contributed by atoms with Gasteiger partial charge in [-0.3, -0.25) is 0 Å². The van der Waals surface area contributed by atoms with Crippen molar-refractivity contribution in [3.05, 3.63) is 22.8 Å². The fourth-order valence-electron chi connectivity index (χ4n) is 0.988. The lowest BCUT2D eigenvalue weighted by atomic mass is 10.4. The monoisotopic (exact) mass is 175 g/mol. The minimum absolute atomic E-state index is 0.450. The molecule has 4 heteroatoms. The molecule has 0 unspecified atom stereocenters. The van der Waals surface area contributed by atoms with Crippen molar-refractivity contribution < 1.29 is 0 Å².